The largest absolute Gasteiger partial charge is 0.454 e. The second-order valence-corrected chi connectivity index (χ2v) is 5.94. The molecule has 20 heavy (non-hydrogen) atoms. The predicted molar refractivity (Wildman–Crippen MR) is 78.6 cm³/mol. The minimum absolute atomic E-state index is 0.133. The van der Waals surface area contributed by atoms with Crippen molar-refractivity contribution in [1.29, 1.82) is 0 Å². The maximum Gasteiger partial charge on any atom is 0.251 e. The van der Waals surface area contributed by atoms with Crippen molar-refractivity contribution >= 4 is 17.5 Å². The predicted octanol–water partition coefficient (Wildman–Crippen LogP) is 3.62. The summed E-state index contributed by atoms with van der Waals surface area (Å²) < 4.78 is 10.5. The zero-order chi connectivity index (χ0) is 14.7. The Kier molecular flexibility index (Phi) is 4.76. The molecule has 4 nitrogen and oxygen atoms in total. The van der Waals surface area contributed by atoms with Gasteiger partial charge in [-0.25, -0.2) is 0 Å². The van der Waals surface area contributed by atoms with Crippen LogP contribution in [0.3, 0.4) is 0 Å². The van der Waals surface area contributed by atoms with E-state index in [0.717, 1.165) is 12.8 Å². The third-order valence-corrected chi connectivity index (χ3v) is 3.52. The summed E-state index contributed by atoms with van der Waals surface area (Å²) >= 11 is 6.07. The molecule has 0 fully saturated rings. The first-order chi connectivity index (χ1) is 9.47. The minimum Gasteiger partial charge on any atom is -0.454 e. The highest BCUT2D eigenvalue weighted by Gasteiger charge is 2.21. The van der Waals surface area contributed by atoms with Crippen LogP contribution in [-0.2, 0) is 0 Å². The third kappa shape index (κ3) is 3.57. The van der Waals surface area contributed by atoms with Crippen LogP contribution in [0.2, 0.25) is 5.02 Å². The topological polar surface area (TPSA) is 47.6 Å². The Bertz CT molecular complexity index is 502. The fraction of sp³-hybridized carbons (Fsp3) is 0.533. The van der Waals surface area contributed by atoms with Gasteiger partial charge in [0.15, 0.2) is 11.5 Å². The van der Waals surface area contributed by atoms with Crippen LogP contribution in [-0.4, -0.2) is 18.7 Å². The van der Waals surface area contributed by atoms with E-state index in [1.54, 1.807) is 12.1 Å². The van der Waals surface area contributed by atoms with Gasteiger partial charge in [-0.15, -0.1) is 0 Å². The van der Waals surface area contributed by atoms with Crippen molar-refractivity contribution in [2.45, 2.75) is 39.7 Å². The molecule has 1 aromatic carbocycles. The summed E-state index contributed by atoms with van der Waals surface area (Å²) in [5.41, 5.74) is 0.496. The lowest BCUT2D eigenvalue weighted by atomic mass is 10.0. The molecule has 110 valence electrons. The van der Waals surface area contributed by atoms with Crippen LogP contribution in [0, 0.1) is 5.92 Å². The lowest BCUT2D eigenvalue weighted by molar-refractivity contribution is 0.0936. The molecule has 0 spiro atoms. The van der Waals surface area contributed by atoms with E-state index in [9.17, 15) is 4.79 Å². The summed E-state index contributed by atoms with van der Waals surface area (Å²) in [6.07, 6.45) is 2.05. The number of halogens is 1. The lowest BCUT2D eigenvalue weighted by Gasteiger charge is -2.15. The van der Waals surface area contributed by atoms with Crippen LogP contribution < -0.4 is 14.8 Å². The van der Waals surface area contributed by atoms with Crippen molar-refractivity contribution in [2.75, 3.05) is 6.79 Å². The minimum atomic E-state index is -0.138. The van der Waals surface area contributed by atoms with E-state index in [1.165, 1.54) is 0 Å². The average molecular weight is 298 g/mol. The molecule has 0 aliphatic carbocycles. The van der Waals surface area contributed by atoms with Crippen LogP contribution in [0.5, 0.6) is 11.5 Å². The fourth-order valence-electron chi connectivity index (χ4n) is 2.06. The summed E-state index contributed by atoms with van der Waals surface area (Å²) in [4.78, 5) is 12.2. The SMILES string of the molecule is CC(C)CCC(C)NC(=O)c1cc(Cl)c2c(c1)OCO2. The van der Waals surface area contributed by atoms with Gasteiger partial charge in [0.1, 0.15) is 0 Å². The maximum absolute atomic E-state index is 12.2. The number of carbonyl (C=O) groups excluding carboxylic acids is 1. The van der Waals surface area contributed by atoms with Crippen LogP contribution in [0.15, 0.2) is 12.1 Å². The summed E-state index contributed by atoms with van der Waals surface area (Å²) in [5.74, 6) is 1.53. The van der Waals surface area contributed by atoms with E-state index >= 15 is 0 Å². The number of benzene rings is 1. The van der Waals surface area contributed by atoms with Gasteiger partial charge in [-0.3, -0.25) is 4.79 Å². The highest BCUT2D eigenvalue weighted by atomic mass is 35.5. The van der Waals surface area contributed by atoms with Gasteiger partial charge in [-0.1, -0.05) is 25.4 Å². The average Bonchev–Trinajstić information content (AvgIpc) is 2.85. The summed E-state index contributed by atoms with van der Waals surface area (Å²) in [5, 5.41) is 3.38. The van der Waals surface area contributed by atoms with E-state index in [4.69, 9.17) is 21.1 Å². The van der Waals surface area contributed by atoms with E-state index in [1.807, 2.05) is 6.92 Å². The van der Waals surface area contributed by atoms with Crippen LogP contribution in [0.25, 0.3) is 0 Å². The van der Waals surface area contributed by atoms with Gasteiger partial charge in [0.05, 0.1) is 5.02 Å². The monoisotopic (exact) mass is 297 g/mol. The van der Waals surface area contributed by atoms with E-state index in [-0.39, 0.29) is 18.7 Å². The molecule has 1 atom stereocenters. The molecule has 1 aromatic rings. The Morgan fingerprint density at radius 2 is 2.05 bits per heavy atom. The Labute approximate surface area is 124 Å². The van der Waals surface area contributed by atoms with Gasteiger partial charge < -0.3 is 14.8 Å². The van der Waals surface area contributed by atoms with Crippen molar-refractivity contribution in [3.8, 4) is 11.5 Å². The lowest BCUT2D eigenvalue weighted by Crippen LogP contribution is -2.32. The molecule has 0 saturated carbocycles. The van der Waals surface area contributed by atoms with Gasteiger partial charge in [0, 0.05) is 11.6 Å². The standard InChI is InChI=1S/C15H20ClNO3/c1-9(2)4-5-10(3)17-15(18)11-6-12(16)14-13(7-11)19-8-20-14/h6-7,9-10H,4-5,8H2,1-3H3,(H,17,18). The molecular weight excluding hydrogens is 278 g/mol. The fourth-order valence-corrected chi connectivity index (χ4v) is 2.33. The van der Waals surface area contributed by atoms with Gasteiger partial charge in [-0.05, 0) is 37.8 Å². The normalized spacial score (nSPS) is 14.4. The van der Waals surface area contributed by atoms with Gasteiger partial charge >= 0.3 is 0 Å². The van der Waals surface area contributed by atoms with E-state index in [0.29, 0.717) is 28.0 Å². The molecule has 1 heterocycles. The van der Waals surface area contributed by atoms with Crippen molar-refractivity contribution in [3.63, 3.8) is 0 Å². The molecule has 0 bridgehead atoms. The molecule has 2 rings (SSSR count). The van der Waals surface area contributed by atoms with Crippen molar-refractivity contribution in [3.05, 3.63) is 22.7 Å². The molecular formula is C15H20ClNO3. The number of carbonyl (C=O) groups is 1. The number of amides is 1. The van der Waals surface area contributed by atoms with Crippen molar-refractivity contribution in [1.82, 2.24) is 5.32 Å². The zero-order valence-corrected chi connectivity index (χ0v) is 12.8. The Morgan fingerprint density at radius 1 is 1.30 bits per heavy atom. The molecule has 1 aliphatic rings. The first-order valence-corrected chi connectivity index (χ1v) is 7.25. The number of hydrogen-bond donors (Lipinski definition) is 1. The Hall–Kier alpha value is -1.42. The smallest absolute Gasteiger partial charge is 0.251 e. The van der Waals surface area contributed by atoms with Crippen LogP contribution in [0.1, 0.15) is 44.0 Å². The first kappa shape index (κ1) is 15.0. The zero-order valence-electron chi connectivity index (χ0n) is 12.0. The van der Waals surface area contributed by atoms with Gasteiger partial charge in [0.2, 0.25) is 6.79 Å². The summed E-state index contributed by atoms with van der Waals surface area (Å²) in [6.45, 7) is 6.50. The molecule has 1 aliphatic heterocycles. The Morgan fingerprint density at radius 3 is 2.75 bits per heavy atom. The van der Waals surface area contributed by atoms with E-state index in [2.05, 4.69) is 19.2 Å². The maximum atomic E-state index is 12.2. The summed E-state index contributed by atoms with van der Waals surface area (Å²) in [7, 11) is 0. The number of hydrogen-bond acceptors (Lipinski definition) is 3. The molecule has 1 unspecified atom stereocenters. The van der Waals surface area contributed by atoms with Gasteiger partial charge in [0.25, 0.3) is 5.91 Å². The molecule has 0 radical (unpaired) electrons. The molecule has 1 N–H and O–H groups in total. The second-order valence-electron chi connectivity index (χ2n) is 5.54. The molecule has 1 amide bonds. The number of nitrogens with one attached hydrogen (secondary N) is 1. The third-order valence-electron chi connectivity index (χ3n) is 3.24. The van der Waals surface area contributed by atoms with Crippen LogP contribution in [0.4, 0.5) is 0 Å². The first-order valence-electron chi connectivity index (χ1n) is 6.87. The van der Waals surface area contributed by atoms with E-state index < -0.39 is 0 Å². The quantitative estimate of drug-likeness (QED) is 0.903. The van der Waals surface area contributed by atoms with Crippen LogP contribution >= 0.6 is 11.6 Å². The van der Waals surface area contributed by atoms with Crippen molar-refractivity contribution < 1.29 is 14.3 Å². The highest BCUT2D eigenvalue weighted by molar-refractivity contribution is 6.32. The molecule has 0 saturated heterocycles. The second kappa shape index (κ2) is 6.35. The number of fused-ring (bicyclic) bond motifs is 1. The van der Waals surface area contributed by atoms with Gasteiger partial charge in [-0.2, -0.15) is 0 Å². The van der Waals surface area contributed by atoms with Crippen molar-refractivity contribution in [2.24, 2.45) is 5.92 Å². The number of ether oxygens (including phenoxy) is 2. The Balaban J connectivity index is 2.01. The molecule has 0 aromatic heterocycles. The summed E-state index contributed by atoms with van der Waals surface area (Å²) in [6, 6.07) is 3.41. The number of rotatable bonds is 5. The highest BCUT2D eigenvalue weighted by Crippen LogP contribution is 2.39. The molecule has 5 heteroatoms.